The van der Waals surface area contributed by atoms with Crippen molar-refractivity contribution in [1.29, 1.82) is 0 Å². The lowest BCUT2D eigenvalue weighted by Gasteiger charge is -2.04. The van der Waals surface area contributed by atoms with Gasteiger partial charge in [0, 0.05) is 6.16 Å². The van der Waals surface area contributed by atoms with E-state index in [1.54, 1.807) is 0 Å². The lowest BCUT2D eigenvalue weighted by atomic mass is 10.0. The normalized spacial score (nSPS) is 12.0. The molecule has 0 amide bonds. The van der Waals surface area contributed by atoms with Gasteiger partial charge >= 0.3 is 7.60 Å². The Bertz CT molecular complexity index is 307. The minimum absolute atomic E-state index is 0.0586. The molecule has 0 atom stereocenters. The maximum atomic E-state index is 10.7. The average Bonchev–Trinajstić information content (AvgIpc) is 2.56. The van der Waals surface area contributed by atoms with Crippen LogP contribution in [0.3, 0.4) is 0 Å². The number of rotatable bonds is 20. The van der Waals surface area contributed by atoms with Crippen LogP contribution in [0.25, 0.3) is 0 Å². The van der Waals surface area contributed by atoms with Crippen molar-refractivity contribution in [3.8, 4) is 0 Å². The lowest BCUT2D eigenvalue weighted by molar-refractivity contribution is 0.370. The first-order chi connectivity index (χ1) is 12.1. The van der Waals surface area contributed by atoms with E-state index >= 15 is 0 Å². The molecule has 25 heavy (non-hydrogen) atoms. The molecule has 0 spiro atoms. The third kappa shape index (κ3) is 24.5. The Balaban J connectivity index is 3.02. The largest absolute Gasteiger partial charge is 0.325 e. The molecule has 0 saturated heterocycles. The number of thiol groups is 1. The molecular formula is C20H43O3PS. The highest BCUT2D eigenvalue weighted by atomic mass is 32.1. The monoisotopic (exact) mass is 394 g/mol. The molecule has 0 saturated carbocycles. The van der Waals surface area contributed by atoms with Gasteiger partial charge in [0.2, 0.25) is 0 Å². The molecular weight excluding hydrogens is 351 g/mol. The van der Waals surface area contributed by atoms with Crippen molar-refractivity contribution in [2.45, 2.75) is 116 Å². The molecule has 0 aromatic rings. The Labute approximate surface area is 162 Å². The first-order valence-corrected chi connectivity index (χ1v) is 13.1. The molecule has 152 valence electrons. The Morgan fingerprint density at radius 3 is 0.960 bits per heavy atom. The first kappa shape index (κ1) is 25.5. The van der Waals surface area contributed by atoms with Gasteiger partial charge in [-0.1, -0.05) is 103 Å². The fourth-order valence-corrected chi connectivity index (χ4v) is 4.12. The highest BCUT2D eigenvalue weighted by Crippen LogP contribution is 2.35. The quantitative estimate of drug-likeness (QED) is 0.117. The molecule has 0 aliphatic rings. The molecule has 2 N–H and O–H groups in total. The molecule has 5 heteroatoms. The summed E-state index contributed by atoms with van der Waals surface area (Å²) >= 11 is 4.24. The van der Waals surface area contributed by atoms with E-state index in [1.165, 1.54) is 96.3 Å². The minimum Gasteiger partial charge on any atom is -0.324 e. The maximum absolute atomic E-state index is 10.7. The fraction of sp³-hybridized carbons (Fsp3) is 1.00. The summed E-state index contributed by atoms with van der Waals surface area (Å²) in [6, 6.07) is 0. The zero-order valence-corrected chi connectivity index (χ0v) is 18.1. The van der Waals surface area contributed by atoms with Crippen LogP contribution in [0.5, 0.6) is 0 Å². The number of hydrogen-bond donors (Lipinski definition) is 3. The van der Waals surface area contributed by atoms with E-state index < -0.39 is 7.60 Å². The molecule has 0 unspecified atom stereocenters. The number of unbranched alkanes of at least 4 members (excludes halogenated alkanes) is 17. The topological polar surface area (TPSA) is 57.5 Å². The molecule has 0 radical (unpaired) electrons. The summed E-state index contributed by atoms with van der Waals surface area (Å²) in [6.45, 7) is 0. The van der Waals surface area contributed by atoms with Crippen molar-refractivity contribution in [1.82, 2.24) is 0 Å². The second kappa shape index (κ2) is 19.3. The highest BCUT2D eigenvalue weighted by Gasteiger charge is 2.10. The smallest absolute Gasteiger partial charge is 0.324 e. The molecule has 3 nitrogen and oxygen atoms in total. The van der Waals surface area contributed by atoms with E-state index in [9.17, 15) is 4.57 Å². The van der Waals surface area contributed by atoms with Crippen LogP contribution < -0.4 is 0 Å². The Hall–Kier alpha value is 0.500. The highest BCUT2D eigenvalue weighted by molar-refractivity contribution is 7.80. The van der Waals surface area contributed by atoms with Gasteiger partial charge in [0.25, 0.3) is 0 Å². The zero-order chi connectivity index (χ0) is 18.6. The van der Waals surface area contributed by atoms with Crippen LogP contribution in [0.2, 0.25) is 0 Å². The molecule has 0 rings (SSSR count). The fourth-order valence-electron chi connectivity index (χ4n) is 3.26. The van der Waals surface area contributed by atoms with Gasteiger partial charge in [0.1, 0.15) is 0 Å². The minimum atomic E-state index is -3.76. The van der Waals surface area contributed by atoms with Crippen LogP contribution >= 0.6 is 20.2 Å². The Morgan fingerprint density at radius 1 is 0.480 bits per heavy atom. The summed E-state index contributed by atoms with van der Waals surface area (Å²) in [6.07, 6.45) is 23.3. The van der Waals surface area contributed by atoms with Crippen molar-refractivity contribution in [3.63, 3.8) is 0 Å². The van der Waals surface area contributed by atoms with Crippen LogP contribution in [0.15, 0.2) is 0 Å². The van der Waals surface area contributed by atoms with Crippen LogP contribution in [-0.4, -0.2) is 21.7 Å². The van der Waals surface area contributed by atoms with Gasteiger partial charge in [-0.3, -0.25) is 4.57 Å². The summed E-state index contributed by atoms with van der Waals surface area (Å²) in [4.78, 5) is 17.5. The summed E-state index contributed by atoms with van der Waals surface area (Å²) in [5, 5.41) is 0. The molecule has 0 heterocycles. The third-order valence-electron chi connectivity index (χ3n) is 4.86. The van der Waals surface area contributed by atoms with E-state index in [1.807, 2.05) is 0 Å². The van der Waals surface area contributed by atoms with Gasteiger partial charge in [0.05, 0.1) is 0 Å². The molecule has 0 aliphatic carbocycles. The van der Waals surface area contributed by atoms with E-state index in [0.29, 0.717) is 6.42 Å². The standard InChI is InChI=1S/C20H43O3PS/c21-24(22,23)19-17-15-13-11-9-7-5-3-1-2-4-6-8-10-12-14-16-18-20-25/h25H,1-20H2,(H2,21,22,23). The van der Waals surface area contributed by atoms with Crippen molar-refractivity contribution in [2.75, 3.05) is 11.9 Å². The van der Waals surface area contributed by atoms with E-state index in [0.717, 1.165) is 18.6 Å². The van der Waals surface area contributed by atoms with E-state index in [2.05, 4.69) is 12.6 Å². The maximum Gasteiger partial charge on any atom is 0.325 e. The van der Waals surface area contributed by atoms with Gasteiger partial charge in [-0.15, -0.1) is 0 Å². The number of hydrogen-bond acceptors (Lipinski definition) is 2. The predicted octanol–water partition coefficient (Wildman–Crippen LogP) is 7.12. The van der Waals surface area contributed by atoms with Crippen LogP contribution in [0.4, 0.5) is 0 Å². The summed E-state index contributed by atoms with van der Waals surface area (Å²) in [7, 11) is -3.76. The molecule has 0 aliphatic heterocycles. The molecule has 0 bridgehead atoms. The summed E-state index contributed by atoms with van der Waals surface area (Å²) < 4.78 is 10.7. The van der Waals surface area contributed by atoms with Gasteiger partial charge in [0.15, 0.2) is 0 Å². The van der Waals surface area contributed by atoms with Crippen LogP contribution in [0, 0.1) is 0 Å². The van der Waals surface area contributed by atoms with E-state index in [-0.39, 0.29) is 6.16 Å². The second-order valence-electron chi connectivity index (χ2n) is 7.48. The molecule has 0 aromatic carbocycles. The van der Waals surface area contributed by atoms with Crippen molar-refractivity contribution >= 4 is 20.2 Å². The Kier molecular flexibility index (Phi) is 19.7. The first-order valence-electron chi connectivity index (χ1n) is 10.7. The average molecular weight is 395 g/mol. The van der Waals surface area contributed by atoms with Gasteiger partial charge in [-0.05, 0) is 18.6 Å². The van der Waals surface area contributed by atoms with Crippen molar-refractivity contribution in [2.24, 2.45) is 0 Å². The Morgan fingerprint density at radius 2 is 0.720 bits per heavy atom. The third-order valence-corrected chi connectivity index (χ3v) is 6.07. The van der Waals surface area contributed by atoms with Gasteiger partial charge in [-0.25, -0.2) is 0 Å². The zero-order valence-electron chi connectivity index (χ0n) is 16.3. The van der Waals surface area contributed by atoms with Gasteiger partial charge in [-0.2, -0.15) is 12.6 Å². The SMILES string of the molecule is O=P(O)(O)CCCCCCCCCCCCCCCCCCCCS. The predicted molar refractivity (Wildman–Crippen MR) is 114 cm³/mol. The van der Waals surface area contributed by atoms with Gasteiger partial charge < -0.3 is 9.79 Å². The summed E-state index contributed by atoms with van der Waals surface area (Å²) in [5.74, 6) is 1.04. The van der Waals surface area contributed by atoms with E-state index in [4.69, 9.17) is 9.79 Å². The van der Waals surface area contributed by atoms with Crippen LogP contribution in [0.1, 0.15) is 116 Å². The van der Waals surface area contributed by atoms with Crippen molar-refractivity contribution < 1.29 is 14.4 Å². The molecule has 0 fully saturated rings. The second-order valence-corrected chi connectivity index (χ2v) is 9.70. The summed E-state index contributed by atoms with van der Waals surface area (Å²) in [5.41, 5.74) is 0. The van der Waals surface area contributed by atoms with Crippen molar-refractivity contribution in [3.05, 3.63) is 0 Å². The lowest BCUT2D eigenvalue weighted by Crippen LogP contribution is -1.88. The molecule has 0 aromatic heterocycles. The van der Waals surface area contributed by atoms with Crippen LogP contribution in [-0.2, 0) is 4.57 Å².